The number of sulfonamides is 1. The molecule has 0 spiro atoms. The fourth-order valence-corrected chi connectivity index (χ4v) is 5.65. The summed E-state index contributed by atoms with van der Waals surface area (Å²) in [5.74, 6) is 0.127. The van der Waals surface area contributed by atoms with E-state index in [-0.39, 0.29) is 10.8 Å². The predicted octanol–water partition coefficient (Wildman–Crippen LogP) is 3.96. The number of rotatable bonds is 9. The minimum absolute atomic E-state index is 0.0620. The number of carbonyl (C=O) groups is 1. The third-order valence-corrected chi connectivity index (χ3v) is 7.46. The van der Waals surface area contributed by atoms with Gasteiger partial charge in [0.15, 0.2) is 0 Å². The molecule has 7 nitrogen and oxygen atoms in total. The third kappa shape index (κ3) is 8.80. The standard InChI is InChI=1S/C27H38N4O3S/c1-27(2,3)30-35(33,34)25-17-23(26(32)29-19-22-13-9-15-31(4)20-22)16-24(18-25)28-14-8-12-21-10-6-5-7-11-21/h5-8,10-12,16-18,22,28,30H,9,13-15,19-20H2,1-4H3,(H,29,32). The van der Waals surface area contributed by atoms with Gasteiger partial charge in [-0.05, 0) is 76.9 Å². The molecule has 0 bridgehead atoms. The lowest BCUT2D eigenvalue weighted by Crippen LogP contribution is -2.40. The van der Waals surface area contributed by atoms with E-state index in [0.717, 1.165) is 31.5 Å². The van der Waals surface area contributed by atoms with Gasteiger partial charge in [0.25, 0.3) is 5.91 Å². The van der Waals surface area contributed by atoms with Crippen LogP contribution >= 0.6 is 0 Å². The van der Waals surface area contributed by atoms with Gasteiger partial charge in [-0.15, -0.1) is 0 Å². The molecule has 1 amide bonds. The van der Waals surface area contributed by atoms with Crippen LogP contribution in [0.1, 0.15) is 49.5 Å². The lowest BCUT2D eigenvalue weighted by Gasteiger charge is -2.29. The molecule has 35 heavy (non-hydrogen) atoms. The molecule has 3 rings (SSSR count). The Morgan fingerprint density at radius 1 is 1.14 bits per heavy atom. The Bertz CT molecular complexity index is 1120. The van der Waals surface area contributed by atoms with E-state index in [1.165, 1.54) is 6.07 Å². The summed E-state index contributed by atoms with van der Waals surface area (Å²) in [6.45, 7) is 8.45. The maximum Gasteiger partial charge on any atom is 0.251 e. The number of amides is 1. The SMILES string of the molecule is CN1CCCC(CNC(=O)c2cc(NCC=Cc3ccccc3)cc(S(=O)(=O)NC(C)(C)C)c2)C1. The van der Waals surface area contributed by atoms with Crippen LogP contribution in [0.3, 0.4) is 0 Å². The van der Waals surface area contributed by atoms with Gasteiger partial charge < -0.3 is 15.5 Å². The van der Waals surface area contributed by atoms with Gasteiger partial charge in [-0.3, -0.25) is 4.79 Å². The number of nitrogens with zero attached hydrogens (tertiary/aromatic N) is 1. The van der Waals surface area contributed by atoms with Crippen LogP contribution in [0.25, 0.3) is 6.08 Å². The molecule has 0 saturated carbocycles. The highest BCUT2D eigenvalue weighted by Crippen LogP contribution is 2.21. The monoisotopic (exact) mass is 498 g/mol. The van der Waals surface area contributed by atoms with Crippen LogP contribution in [-0.2, 0) is 10.0 Å². The van der Waals surface area contributed by atoms with Crippen molar-refractivity contribution in [3.05, 3.63) is 65.7 Å². The van der Waals surface area contributed by atoms with Gasteiger partial charge in [-0.1, -0.05) is 42.5 Å². The number of hydrogen-bond donors (Lipinski definition) is 3. The van der Waals surface area contributed by atoms with Crippen molar-refractivity contribution in [3.63, 3.8) is 0 Å². The van der Waals surface area contributed by atoms with Crippen LogP contribution in [0.5, 0.6) is 0 Å². The first kappa shape index (κ1) is 26.9. The molecule has 0 aliphatic carbocycles. The van der Waals surface area contributed by atoms with Crippen LogP contribution in [0.15, 0.2) is 59.5 Å². The molecule has 8 heteroatoms. The van der Waals surface area contributed by atoms with E-state index in [9.17, 15) is 13.2 Å². The molecule has 3 N–H and O–H groups in total. The third-order valence-electron chi connectivity index (χ3n) is 5.73. The van der Waals surface area contributed by atoms with E-state index >= 15 is 0 Å². The van der Waals surface area contributed by atoms with Crippen LogP contribution in [-0.4, -0.2) is 58.0 Å². The first-order valence-corrected chi connectivity index (χ1v) is 13.6. The molecule has 1 aliphatic rings. The Balaban J connectivity index is 1.77. The van der Waals surface area contributed by atoms with Gasteiger partial charge in [0.05, 0.1) is 4.90 Å². The number of anilines is 1. The Kier molecular flexibility index (Phi) is 9.10. The van der Waals surface area contributed by atoms with E-state index in [4.69, 9.17) is 0 Å². The number of likely N-dealkylation sites (tertiary alicyclic amines) is 1. The number of nitrogens with one attached hydrogen (secondary N) is 3. The van der Waals surface area contributed by atoms with E-state index in [1.54, 1.807) is 32.9 Å². The molecule has 0 radical (unpaired) electrons. The van der Waals surface area contributed by atoms with Gasteiger partial charge in [0, 0.05) is 36.4 Å². The lowest BCUT2D eigenvalue weighted by molar-refractivity contribution is 0.0936. The van der Waals surface area contributed by atoms with Crippen molar-refractivity contribution in [2.45, 2.75) is 44.0 Å². The quantitative estimate of drug-likeness (QED) is 0.487. The smallest absolute Gasteiger partial charge is 0.251 e. The Morgan fingerprint density at radius 2 is 1.89 bits per heavy atom. The number of benzene rings is 2. The van der Waals surface area contributed by atoms with Gasteiger partial charge in [-0.2, -0.15) is 0 Å². The minimum atomic E-state index is -3.81. The Morgan fingerprint density at radius 3 is 2.57 bits per heavy atom. The van der Waals surface area contributed by atoms with Gasteiger partial charge in [0.2, 0.25) is 10.0 Å². The molecule has 2 aromatic rings. The molecule has 1 unspecified atom stereocenters. The summed E-state index contributed by atoms with van der Waals surface area (Å²) >= 11 is 0. The van der Waals surface area contributed by atoms with Crippen LogP contribution in [0.2, 0.25) is 0 Å². The van der Waals surface area contributed by atoms with Crippen molar-refractivity contribution in [1.82, 2.24) is 14.9 Å². The highest BCUT2D eigenvalue weighted by atomic mass is 32.2. The Hall–Kier alpha value is -2.68. The molecule has 1 aliphatic heterocycles. The van der Waals surface area contributed by atoms with Gasteiger partial charge in [-0.25, -0.2) is 13.1 Å². The maximum atomic E-state index is 13.0. The summed E-state index contributed by atoms with van der Waals surface area (Å²) in [6, 6.07) is 14.6. The Labute approximate surface area is 210 Å². The molecule has 1 atom stereocenters. The minimum Gasteiger partial charge on any atom is -0.382 e. The lowest BCUT2D eigenvalue weighted by atomic mass is 9.98. The fourth-order valence-electron chi connectivity index (χ4n) is 4.16. The van der Waals surface area contributed by atoms with Crippen LogP contribution < -0.4 is 15.4 Å². The average Bonchev–Trinajstić information content (AvgIpc) is 2.79. The molecular weight excluding hydrogens is 460 g/mol. The number of piperidine rings is 1. The van der Waals surface area contributed by atoms with Crippen molar-refractivity contribution in [1.29, 1.82) is 0 Å². The molecule has 0 aromatic heterocycles. The zero-order valence-electron chi connectivity index (χ0n) is 21.2. The zero-order valence-corrected chi connectivity index (χ0v) is 22.0. The van der Waals surface area contributed by atoms with Crippen molar-refractivity contribution in [2.24, 2.45) is 5.92 Å². The van der Waals surface area contributed by atoms with Gasteiger partial charge in [0.1, 0.15) is 0 Å². The highest BCUT2D eigenvalue weighted by Gasteiger charge is 2.24. The molecular formula is C27H38N4O3S. The van der Waals surface area contributed by atoms with E-state index < -0.39 is 15.6 Å². The normalized spacial score (nSPS) is 17.4. The second-order valence-electron chi connectivity index (χ2n) is 10.3. The van der Waals surface area contributed by atoms with E-state index in [1.807, 2.05) is 42.5 Å². The number of carbonyl (C=O) groups excluding carboxylic acids is 1. The van der Waals surface area contributed by atoms with Crippen molar-refractivity contribution < 1.29 is 13.2 Å². The van der Waals surface area contributed by atoms with E-state index in [2.05, 4.69) is 27.3 Å². The highest BCUT2D eigenvalue weighted by molar-refractivity contribution is 7.89. The number of hydrogen-bond acceptors (Lipinski definition) is 5. The summed E-state index contributed by atoms with van der Waals surface area (Å²) < 4.78 is 28.8. The van der Waals surface area contributed by atoms with Crippen molar-refractivity contribution in [3.8, 4) is 0 Å². The van der Waals surface area contributed by atoms with Crippen molar-refractivity contribution >= 4 is 27.7 Å². The maximum absolute atomic E-state index is 13.0. The van der Waals surface area contributed by atoms with Gasteiger partial charge >= 0.3 is 0 Å². The van der Waals surface area contributed by atoms with Crippen LogP contribution in [0.4, 0.5) is 5.69 Å². The second kappa shape index (κ2) is 11.8. The fraction of sp³-hybridized carbons (Fsp3) is 0.444. The first-order chi connectivity index (χ1) is 16.5. The predicted molar refractivity (Wildman–Crippen MR) is 143 cm³/mol. The summed E-state index contributed by atoms with van der Waals surface area (Å²) in [5, 5.41) is 6.24. The van der Waals surface area contributed by atoms with E-state index in [0.29, 0.717) is 30.3 Å². The zero-order chi connectivity index (χ0) is 25.5. The average molecular weight is 499 g/mol. The molecule has 1 heterocycles. The molecule has 190 valence electrons. The second-order valence-corrected chi connectivity index (χ2v) is 12.0. The summed E-state index contributed by atoms with van der Waals surface area (Å²) in [6.07, 6.45) is 6.15. The molecule has 1 saturated heterocycles. The summed E-state index contributed by atoms with van der Waals surface area (Å²) in [5.41, 5.74) is 1.33. The van der Waals surface area contributed by atoms with Crippen molar-refractivity contribution in [2.75, 3.05) is 38.5 Å². The first-order valence-electron chi connectivity index (χ1n) is 12.1. The summed E-state index contributed by atoms with van der Waals surface area (Å²) in [4.78, 5) is 15.4. The molecule has 2 aromatic carbocycles. The topological polar surface area (TPSA) is 90.5 Å². The summed E-state index contributed by atoms with van der Waals surface area (Å²) in [7, 11) is -1.72. The largest absolute Gasteiger partial charge is 0.382 e. The van der Waals surface area contributed by atoms with Crippen LogP contribution in [0, 0.1) is 5.92 Å². The molecule has 1 fully saturated rings.